The van der Waals surface area contributed by atoms with E-state index in [0.29, 0.717) is 132 Å². The first-order valence-electron chi connectivity index (χ1n) is 17.3. The van der Waals surface area contributed by atoms with Crippen LogP contribution < -0.4 is 0 Å². The topological polar surface area (TPSA) is 148 Å². The molecule has 0 aliphatic carbocycles. The Bertz CT molecular complexity index is 667. The van der Waals surface area contributed by atoms with Gasteiger partial charge in [0.05, 0.1) is 118 Å². The highest BCUT2D eigenvalue weighted by molar-refractivity contribution is 4.62. The van der Waals surface area contributed by atoms with Crippen molar-refractivity contribution in [1.29, 1.82) is 0 Å². The lowest BCUT2D eigenvalue weighted by Crippen LogP contribution is -2.31. The average Bonchev–Trinajstić information content (AvgIpc) is 3.13. The summed E-state index contributed by atoms with van der Waals surface area (Å²) in [6, 6.07) is 0. The molecule has 0 heterocycles. The van der Waals surface area contributed by atoms with Crippen molar-refractivity contribution in [3.05, 3.63) is 0 Å². The van der Waals surface area contributed by atoms with E-state index in [2.05, 4.69) is 0 Å². The molecule has 302 valence electrons. The molecule has 6 atom stereocenters. The Balaban J connectivity index is 4.70. The quantitative estimate of drug-likeness (QED) is 0.0831. The summed E-state index contributed by atoms with van der Waals surface area (Å²) in [6.07, 6.45) is 0.488. The minimum atomic E-state index is -0.310. The zero-order chi connectivity index (χ0) is 36.9. The van der Waals surface area contributed by atoms with Crippen LogP contribution in [0.15, 0.2) is 0 Å². The Labute approximate surface area is 301 Å². The molecule has 6 unspecified atom stereocenters. The molecule has 0 aromatic heterocycles. The van der Waals surface area contributed by atoms with Crippen LogP contribution in [-0.2, 0) is 75.8 Å². The predicted octanol–water partition coefficient (Wildman–Crippen LogP) is 1.28. The van der Waals surface area contributed by atoms with Gasteiger partial charge in [0.25, 0.3) is 0 Å². The van der Waals surface area contributed by atoms with Crippen molar-refractivity contribution in [2.75, 3.05) is 176 Å². The molecule has 0 saturated heterocycles. The maximum Gasteiger partial charge on any atom is 0.104 e. The summed E-state index contributed by atoms with van der Waals surface area (Å²) in [4.78, 5) is 0. The molecular weight excluding hydrogens is 664 g/mol. The highest BCUT2D eigenvalue weighted by Crippen LogP contribution is 2.05. The van der Waals surface area contributed by atoms with Gasteiger partial charge >= 0.3 is 0 Å². The van der Waals surface area contributed by atoms with E-state index in [1.165, 1.54) is 0 Å². The molecule has 0 fully saturated rings. The van der Waals surface area contributed by atoms with Crippen molar-refractivity contribution in [3.63, 3.8) is 0 Å². The zero-order valence-electron chi connectivity index (χ0n) is 32.1. The largest absolute Gasteiger partial charge is 0.382 e. The average molecular weight is 735 g/mol. The maximum absolute atomic E-state index is 6.08. The normalized spacial score (nSPS) is 15.6. The van der Waals surface area contributed by atoms with Gasteiger partial charge in [-0.1, -0.05) is 0 Å². The van der Waals surface area contributed by atoms with Crippen LogP contribution in [0.1, 0.15) is 12.8 Å². The van der Waals surface area contributed by atoms with Gasteiger partial charge in [0.2, 0.25) is 0 Å². The first-order valence-corrected chi connectivity index (χ1v) is 17.3. The van der Waals surface area contributed by atoms with Gasteiger partial charge in [-0.3, -0.25) is 0 Å². The van der Waals surface area contributed by atoms with E-state index in [4.69, 9.17) is 75.8 Å². The van der Waals surface area contributed by atoms with Crippen LogP contribution in [0.2, 0.25) is 0 Å². The number of hydrogen-bond donors (Lipinski definition) is 0. The Kier molecular flexibility index (Phi) is 37.6. The van der Waals surface area contributed by atoms with Crippen LogP contribution in [-0.4, -0.2) is 212 Å². The number of hydrogen-bond acceptors (Lipinski definition) is 16. The number of methoxy groups -OCH3 is 8. The second kappa shape index (κ2) is 38.1. The standard InChI is InChI=1S/C34H70O16/c1-35-19-29(39-5)9-11-43-25-33(49-12-10-30(40-6)20-36-2)26-45-15-16-47-28-34(50-18-17-48-24-32(42-8)22-38-4)27-46-14-13-44-23-31(41-7)21-37-3/h29-34H,9-28H2,1-8H3. The van der Waals surface area contributed by atoms with Gasteiger partial charge < -0.3 is 75.8 Å². The molecule has 50 heavy (non-hydrogen) atoms. The molecule has 16 heteroatoms. The van der Waals surface area contributed by atoms with Crippen LogP contribution in [0, 0.1) is 0 Å². The van der Waals surface area contributed by atoms with Crippen LogP contribution in [0.5, 0.6) is 0 Å². The maximum atomic E-state index is 6.08. The fourth-order valence-corrected chi connectivity index (χ4v) is 4.32. The molecule has 0 saturated carbocycles. The van der Waals surface area contributed by atoms with E-state index in [1.54, 1.807) is 56.9 Å². The highest BCUT2D eigenvalue weighted by atomic mass is 16.6. The van der Waals surface area contributed by atoms with Gasteiger partial charge in [-0.25, -0.2) is 0 Å². The molecule has 0 amide bonds. The van der Waals surface area contributed by atoms with E-state index in [-0.39, 0.29) is 36.6 Å². The van der Waals surface area contributed by atoms with Gasteiger partial charge in [0.15, 0.2) is 0 Å². The SMILES string of the molecule is COCC(CCOCC(COCCOCC(COCCOCC(COC)OC)OCCOCC(COC)OC)OCCC(COC)OC)OC. The molecule has 16 nitrogen and oxygen atoms in total. The van der Waals surface area contributed by atoms with E-state index < -0.39 is 0 Å². The third-order valence-corrected chi connectivity index (χ3v) is 7.27. The third kappa shape index (κ3) is 29.9. The Morgan fingerprint density at radius 1 is 0.260 bits per heavy atom. The molecule has 0 aromatic carbocycles. The number of ether oxygens (including phenoxy) is 16. The first-order chi connectivity index (χ1) is 24.5. The highest BCUT2D eigenvalue weighted by Gasteiger charge is 2.16. The lowest BCUT2D eigenvalue weighted by molar-refractivity contribution is -0.100. The monoisotopic (exact) mass is 734 g/mol. The summed E-state index contributed by atoms with van der Waals surface area (Å²) in [5, 5.41) is 0. The summed E-state index contributed by atoms with van der Waals surface area (Å²) in [5.74, 6) is 0. The molecule has 0 aliphatic rings. The second-order valence-electron chi connectivity index (χ2n) is 11.3. The van der Waals surface area contributed by atoms with E-state index in [0.717, 1.165) is 0 Å². The van der Waals surface area contributed by atoms with Crippen molar-refractivity contribution < 1.29 is 75.8 Å². The molecule has 0 rings (SSSR count). The lowest BCUT2D eigenvalue weighted by atomic mass is 10.2. The van der Waals surface area contributed by atoms with Gasteiger partial charge in [-0.15, -0.1) is 0 Å². The van der Waals surface area contributed by atoms with E-state index >= 15 is 0 Å². The van der Waals surface area contributed by atoms with Gasteiger partial charge in [0.1, 0.15) is 24.4 Å². The zero-order valence-corrected chi connectivity index (χ0v) is 32.1. The number of rotatable bonds is 41. The summed E-state index contributed by atoms with van der Waals surface area (Å²) in [6.45, 7) is 7.40. The molecule has 0 N–H and O–H groups in total. The summed E-state index contributed by atoms with van der Waals surface area (Å²) < 4.78 is 89.0. The molecule has 0 spiro atoms. The van der Waals surface area contributed by atoms with Gasteiger partial charge in [-0.05, 0) is 12.8 Å². The lowest BCUT2D eigenvalue weighted by Gasteiger charge is -2.21. The first kappa shape index (κ1) is 49.4. The Morgan fingerprint density at radius 3 is 0.900 bits per heavy atom. The molecule has 0 radical (unpaired) electrons. The Morgan fingerprint density at radius 2 is 0.540 bits per heavy atom. The molecule has 0 aromatic rings. The Hall–Kier alpha value is -0.640. The second-order valence-corrected chi connectivity index (χ2v) is 11.3. The summed E-state index contributed by atoms with van der Waals surface area (Å²) in [7, 11) is 13.1. The minimum Gasteiger partial charge on any atom is -0.382 e. The smallest absolute Gasteiger partial charge is 0.104 e. The van der Waals surface area contributed by atoms with Crippen molar-refractivity contribution in [2.45, 2.75) is 49.5 Å². The van der Waals surface area contributed by atoms with Crippen LogP contribution in [0.25, 0.3) is 0 Å². The van der Waals surface area contributed by atoms with Crippen molar-refractivity contribution >= 4 is 0 Å². The van der Waals surface area contributed by atoms with Crippen LogP contribution in [0.3, 0.4) is 0 Å². The van der Waals surface area contributed by atoms with Crippen molar-refractivity contribution in [2.24, 2.45) is 0 Å². The van der Waals surface area contributed by atoms with Gasteiger partial charge in [-0.2, -0.15) is 0 Å². The molecule has 0 aliphatic heterocycles. The molecular formula is C34H70O16. The third-order valence-electron chi connectivity index (χ3n) is 7.27. The molecule has 0 bridgehead atoms. The fraction of sp³-hybridized carbons (Fsp3) is 1.00. The summed E-state index contributed by atoms with van der Waals surface area (Å²) in [5.41, 5.74) is 0. The predicted molar refractivity (Wildman–Crippen MR) is 184 cm³/mol. The summed E-state index contributed by atoms with van der Waals surface area (Å²) >= 11 is 0. The fourth-order valence-electron chi connectivity index (χ4n) is 4.32. The minimum absolute atomic E-state index is 0.0259. The van der Waals surface area contributed by atoms with Crippen LogP contribution in [0.4, 0.5) is 0 Å². The van der Waals surface area contributed by atoms with E-state index in [9.17, 15) is 0 Å². The van der Waals surface area contributed by atoms with Crippen molar-refractivity contribution in [3.8, 4) is 0 Å². The van der Waals surface area contributed by atoms with E-state index in [1.807, 2.05) is 0 Å². The van der Waals surface area contributed by atoms with Crippen molar-refractivity contribution in [1.82, 2.24) is 0 Å². The van der Waals surface area contributed by atoms with Crippen LogP contribution >= 0.6 is 0 Å². The van der Waals surface area contributed by atoms with Gasteiger partial charge in [0, 0.05) is 70.1 Å².